The zero-order valence-corrected chi connectivity index (χ0v) is 14.6. The SMILES string of the molecule is CCOc1cc(CNc2ccc(N(C)CCO)cc2)ccc1OC. The third kappa shape index (κ3) is 4.80. The predicted molar refractivity (Wildman–Crippen MR) is 98.3 cm³/mol. The number of nitrogens with zero attached hydrogens (tertiary/aromatic N) is 1. The lowest BCUT2D eigenvalue weighted by Gasteiger charge is -2.18. The second-order valence-electron chi connectivity index (χ2n) is 5.46. The Hall–Kier alpha value is -2.40. The molecular formula is C19H26N2O3. The van der Waals surface area contributed by atoms with Crippen molar-refractivity contribution in [3.63, 3.8) is 0 Å². The zero-order valence-electron chi connectivity index (χ0n) is 14.6. The van der Waals surface area contributed by atoms with Gasteiger partial charge in [-0.3, -0.25) is 0 Å². The zero-order chi connectivity index (χ0) is 17.4. The van der Waals surface area contributed by atoms with Crippen LogP contribution < -0.4 is 19.7 Å². The van der Waals surface area contributed by atoms with Gasteiger partial charge >= 0.3 is 0 Å². The minimum atomic E-state index is 0.149. The van der Waals surface area contributed by atoms with Crippen molar-refractivity contribution in [2.75, 3.05) is 44.1 Å². The van der Waals surface area contributed by atoms with Crippen molar-refractivity contribution < 1.29 is 14.6 Å². The highest BCUT2D eigenvalue weighted by atomic mass is 16.5. The van der Waals surface area contributed by atoms with E-state index in [1.54, 1.807) is 7.11 Å². The fourth-order valence-corrected chi connectivity index (χ4v) is 2.42. The summed E-state index contributed by atoms with van der Waals surface area (Å²) in [6, 6.07) is 14.1. The highest BCUT2D eigenvalue weighted by Crippen LogP contribution is 2.28. The van der Waals surface area contributed by atoms with Gasteiger partial charge in [-0.2, -0.15) is 0 Å². The summed E-state index contributed by atoms with van der Waals surface area (Å²) in [7, 11) is 3.61. The van der Waals surface area contributed by atoms with Crippen LogP contribution in [0.5, 0.6) is 11.5 Å². The molecule has 5 nitrogen and oxygen atoms in total. The Morgan fingerprint density at radius 1 is 1.08 bits per heavy atom. The van der Waals surface area contributed by atoms with Gasteiger partial charge in [0.15, 0.2) is 11.5 Å². The fraction of sp³-hybridized carbons (Fsp3) is 0.368. The maximum absolute atomic E-state index is 8.99. The summed E-state index contributed by atoms with van der Waals surface area (Å²) in [5, 5.41) is 12.4. The molecule has 0 unspecified atom stereocenters. The number of aliphatic hydroxyl groups excluding tert-OH is 1. The second-order valence-corrected chi connectivity index (χ2v) is 5.46. The van der Waals surface area contributed by atoms with E-state index in [-0.39, 0.29) is 6.61 Å². The van der Waals surface area contributed by atoms with Crippen molar-refractivity contribution in [3.8, 4) is 11.5 Å². The van der Waals surface area contributed by atoms with Gasteiger partial charge in [0.1, 0.15) is 0 Å². The van der Waals surface area contributed by atoms with E-state index < -0.39 is 0 Å². The first kappa shape index (κ1) is 17.9. The van der Waals surface area contributed by atoms with Gasteiger partial charge in [-0.15, -0.1) is 0 Å². The van der Waals surface area contributed by atoms with E-state index in [9.17, 15) is 0 Å². The summed E-state index contributed by atoms with van der Waals surface area (Å²) in [5.74, 6) is 1.51. The van der Waals surface area contributed by atoms with E-state index in [1.165, 1.54) is 0 Å². The lowest BCUT2D eigenvalue weighted by molar-refractivity contribution is 0.304. The molecule has 0 aliphatic rings. The van der Waals surface area contributed by atoms with Gasteiger partial charge in [0.2, 0.25) is 0 Å². The molecular weight excluding hydrogens is 304 g/mol. The number of hydrogen-bond acceptors (Lipinski definition) is 5. The molecule has 5 heteroatoms. The van der Waals surface area contributed by atoms with Crippen LogP contribution in [0.1, 0.15) is 12.5 Å². The minimum Gasteiger partial charge on any atom is -0.493 e. The Morgan fingerprint density at radius 2 is 1.83 bits per heavy atom. The lowest BCUT2D eigenvalue weighted by Crippen LogP contribution is -2.20. The van der Waals surface area contributed by atoms with Crippen molar-refractivity contribution in [1.29, 1.82) is 0 Å². The van der Waals surface area contributed by atoms with Gasteiger partial charge in [-0.1, -0.05) is 6.07 Å². The van der Waals surface area contributed by atoms with Gasteiger partial charge in [0.05, 0.1) is 20.3 Å². The van der Waals surface area contributed by atoms with Gasteiger partial charge in [-0.05, 0) is 48.9 Å². The Bertz CT molecular complexity index is 629. The molecule has 0 aliphatic heterocycles. The largest absolute Gasteiger partial charge is 0.493 e. The first-order valence-corrected chi connectivity index (χ1v) is 8.13. The van der Waals surface area contributed by atoms with Crippen LogP contribution in [-0.4, -0.2) is 39.0 Å². The molecule has 0 atom stereocenters. The molecule has 130 valence electrons. The number of benzene rings is 2. The van der Waals surface area contributed by atoms with Crippen molar-refractivity contribution in [2.45, 2.75) is 13.5 Å². The van der Waals surface area contributed by atoms with E-state index in [0.29, 0.717) is 19.7 Å². The smallest absolute Gasteiger partial charge is 0.161 e. The molecule has 2 aromatic rings. The summed E-state index contributed by atoms with van der Waals surface area (Å²) < 4.78 is 10.9. The highest BCUT2D eigenvalue weighted by molar-refractivity contribution is 5.55. The molecule has 0 bridgehead atoms. The standard InChI is InChI=1S/C19H26N2O3/c1-4-24-19-13-15(5-10-18(19)23-3)14-20-16-6-8-17(9-7-16)21(2)11-12-22/h5-10,13,20,22H,4,11-12,14H2,1-3H3. The molecule has 0 saturated heterocycles. The van der Waals surface area contributed by atoms with Crippen LogP contribution in [0.3, 0.4) is 0 Å². The number of nitrogens with one attached hydrogen (secondary N) is 1. The van der Waals surface area contributed by atoms with Gasteiger partial charge in [0, 0.05) is 31.5 Å². The van der Waals surface area contributed by atoms with E-state index >= 15 is 0 Å². The summed E-state index contributed by atoms with van der Waals surface area (Å²) in [6.45, 7) is 4.04. The van der Waals surface area contributed by atoms with Crippen molar-refractivity contribution in [2.24, 2.45) is 0 Å². The molecule has 24 heavy (non-hydrogen) atoms. The lowest BCUT2D eigenvalue weighted by atomic mass is 10.2. The molecule has 0 amide bonds. The second kappa shape index (κ2) is 9.03. The highest BCUT2D eigenvalue weighted by Gasteiger charge is 2.05. The Balaban J connectivity index is 1.99. The Morgan fingerprint density at radius 3 is 2.46 bits per heavy atom. The van der Waals surface area contributed by atoms with Crippen molar-refractivity contribution in [1.82, 2.24) is 0 Å². The average molecular weight is 330 g/mol. The first-order valence-electron chi connectivity index (χ1n) is 8.13. The number of hydrogen-bond donors (Lipinski definition) is 2. The summed E-state index contributed by atoms with van der Waals surface area (Å²) >= 11 is 0. The summed E-state index contributed by atoms with van der Waals surface area (Å²) in [5.41, 5.74) is 3.25. The summed E-state index contributed by atoms with van der Waals surface area (Å²) in [6.07, 6.45) is 0. The topological polar surface area (TPSA) is 54.0 Å². The van der Waals surface area contributed by atoms with Crippen molar-refractivity contribution in [3.05, 3.63) is 48.0 Å². The normalized spacial score (nSPS) is 10.3. The van der Waals surface area contributed by atoms with E-state index in [0.717, 1.165) is 28.4 Å². The molecule has 2 aromatic carbocycles. The molecule has 0 heterocycles. The van der Waals surface area contributed by atoms with Crippen molar-refractivity contribution >= 4 is 11.4 Å². The molecule has 0 aromatic heterocycles. The molecule has 0 radical (unpaired) electrons. The van der Waals surface area contributed by atoms with Gasteiger partial charge < -0.3 is 24.8 Å². The first-order chi connectivity index (χ1) is 11.7. The van der Waals surface area contributed by atoms with E-state index in [2.05, 4.69) is 5.32 Å². The van der Waals surface area contributed by atoms with Crippen LogP contribution in [0.25, 0.3) is 0 Å². The van der Waals surface area contributed by atoms with E-state index in [1.807, 2.05) is 61.3 Å². The van der Waals surface area contributed by atoms with Crippen LogP contribution in [-0.2, 0) is 6.54 Å². The molecule has 0 saturated carbocycles. The number of methoxy groups -OCH3 is 1. The number of rotatable bonds is 9. The molecule has 0 aliphatic carbocycles. The number of anilines is 2. The molecule has 2 N–H and O–H groups in total. The molecule has 2 rings (SSSR count). The van der Waals surface area contributed by atoms with Crippen LogP contribution in [0.15, 0.2) is 42.5 Å². The molecule has 0 fully saturated rings. The van der Waals surface area contributed by atoms with Crippen LogP contribution in [0.2, 0.25) is 0 Å². The maximum atomic E-state index is 8.99. The quantitative estimate of drug-likeness (QED) is 0.740. The Kier molecular flexibility index (Phi) is 6.75. The van der Waals surface area contributed by atoms with Gasteiger partial charge in [0.25, 0.3) is 0 Å². The minimum absolute atomic E-state index is 0.149. The monoisotopic (exact) mass is 330 g/mol. The summed E-state index contributed by atoms with van der Waals surface area (Å²) in [4.78, 5) is 2.02. The number of ether oxygens (including phenoxy) is 2. The third-order valence-corrected chi connectivity index (χ3v) is 3.77. The molecule has 0 spiro atoms. The Labute approximate surface area is 143 Å². The third-order valence-electron chi connectivity index (χ3n) is 3.77. The van der Waals surface area contributed by atoms with Crippen LogP contribution in [0, 0.1) is 0 Å². The maximum Gasteiger partial charge on any atom is 0.161 e. The predicted octanol–water partition coefficient (Wildman–Crippen LogP) is 3.13. The van der Waals surface area contributed by atoms with Gasteiger partial charge in [-0.25, -0.2) is 0 Å². The average Bonchev–Trinajstić information content (AvgIpc) is 2.61. The van der Waals surface area contributed by atoms with Crippen LogP contribution >= 0.6 is 0 Å². The number of likely N-dealkylation sites (N-methyl/N-ethyl adjacent to an activating group) is 1. The van der Waals surface area contributed by atoms with Crippen LogP contribution in [0.4, 0.5) is 11.4 Å². The van der Waals surface area contributed by atoms with E-state index in [4.69, 9.17) is 14.6 Å². The fourth-order valence-electron chi connectivity index (χ4n) is 2.42. The number of aliphatic hydroxyl groups is 1.